The van der Waals surface area contributed by atoms with Crippen LogP contribution < -0.4 is 20.9 Å². The molecule has 1 aromatic carbocycles. The van der Waals surface area contributed by atoms with Gasteiger partial charge in [-0.05, 0) is 38.2 Å². The standard InChI is InChI=1S/C14H17F2N3O2S/c1-9(2)17-14(22)19-18-12(20)8-7-10-5-3-4-6-11(10)21-13(15)16/h3-9,13H,1-2H3,(H,18,20)(H2,17,19,22)/b8-7+. The second kappa shape index (κ2) is 8.93. The summed E-state index contributed by atoms with van der Waals surface area (Å²) in [5.74, 6) is -0.494. The van der Waals surface area contributed by atoms with Gasteiger partial charge in [0.1, 0.15) is 5.75 Å². The smallest absolute Gasteiger partial charge is 0.387 e. The molecule has 1 rings (SSSR count). The molecule has 0 aliphatic rings. The number of para-hydroxylation sites is 1. The van der Waals surface area contributed by atoms with E-state index in [1.165, 1.54) is 18.2 Å². The lowest BCUT2D eigenvalue weighted by atomic mass is 10.2. The Balaban J connectivity index is 2.57. The molecule has 0 aliphatic carbocycles. The van der Waals surface area contributed by atoms with E-state index in [4.69, 9.17) is 12.2 Å². The highest BCUT2D eigenvalue weighted by atomic mass is 32.1. The van der Waals surface area contributed by atoms with Crippen LogP contribution in [0.2, 0.25) is 0 Å². The molecular weight excluding hydrogens is 312 g/mol. The molecule has 0 aromatic heterocycles. The monoisotopic (exact) mass is 329 g/mol. The maximum absolute atomic E-state index is 12.3. The molecule has 0 fully saturated rings. The lowest BCUT2D eigenvalue weighted by Gasteiger charge is -2.12. The summed E-state index contributed by atoms with van der Waals surface area (Å²) in [5, 5.41) is 3.16. The van der Waals surface area contributed by atoms with Gasteiger partial charge < -0.3 is 10.1 Å². The van der Waals surface area contributed by atoms with Crippen molar-refractivity contribution < 1.29 is 18.3 Å². The zero-order valence-corrected chi connectivity index (χ0v) is 12.9. The van der Waals surface area contributed by atoms with Gasteiger partial charge >= 0.3 is 6.61 Å². The van der Waals surface area contributed by atoms with Crippen LogP contribution in [0.4, 0.5) is 8.78 Å². The predicted octanol–water partition coefficient (Wildman–Crippen LogP) is 2.20. The van der Waals surface area contributed by atoms with Gasteiger partial charge in [0.2, 0.25) is 0 Å². The predicted molar refractivity (Wildman–Crippen MR) is 84.3 cm³/mol. The first kappa shape index (κ1) is 17.8. The molecule has 5 nitrogen and oxygen atoms in total. The molecule has 120 valence electrons. The number of hydrogen-bond acceptors (Lipinski definition) is 3. The quantitative estimate of drug-likeness (QED) is 0.439. The van der Waals surface area contributed by atoms with E-state index in [1.54, 1.807) is 18.2 Å². The van der Waals surface area contributed by atoms with E-state index >= 15 is 0 Å². The minimum Gasteiger partial charge on any atom is -0.434 e. The van der Waals surface area contributed by atoms with Gasteiger partial charge in [-0.15, -0.1) is 0 Å². The zero-order valence-electron chi connectivity index (χ0n) is 12.1. The SMILES string of the molecule is CC(C)NC(=S)NNC(=O)/C=C/c1ccccc1OC(F)F. The molecule has 3 N–H and O–H groups in total. The molecule has 0 bridgehead atoms. The number of nitrogens with one attached hydrogen (secondary N) is 3. The zero-order chi connectivity index (χ0) is 16.5. The Morgan fingerprint density at radius 3 is 2.59 bits per heavy atom. The summed E-state index contributed by atoms with van der Waals surface area (Å²) in [6.45, 7) is 0.871. The fourth-order valence-corrected chi connectivity index (χ4v) is 1.73. The minimum atomic E-state index is -2.93. The van der Waals surface area contributed by atoms with Crippen molar-refractivity contribution in [3.63, 3.8) is 0 Å². The fraction of sp³-hybridized carbons (Fsp3) is 0.286. The molecule has 0 spiro atoms. The molecule has 0 unspecified atom stereocenters. The highest BCUT2D eigenvalue weighted by molar-refractivity contribution is 7.80. The Morgan fingerprint density at radius 2 is 1.95 bits per heavy atom. The number of carbonyl (C=O) groups is 1. The number of halogens is 2. The Kier molecular flexibility index (Phi) is 7.24. The minimum absolute atomic E-state index is 0.00787. The first-order valence-electron chi connectivity index (χ1n) is 6.47. The number of hydrogen-bond donors (Lipinski definition) is 3. The first-order chi connectivity index (χ1) is 10.4. The molecule has 1 aromatic rings. The van der Waals surface area contributed by atoms with Crippen LogP contribution in [0.1, 0.15) is 19.4 Å². The van der Waals surface area contributed by atoms with Crippen LogP contribution in [-0.4, -0.2) is 23.7 Å². The molecule has 0 heterocycles. The van der Waals surface area contributed by atoms with Crippen molar-refractivity contribution in [1.29, 1.82) is 0 Å². The third-order valence-corrected chi connectivity index (χ3v) is 2.49. The van der Waals surface area contributed by atoms with E-state index in [0.29, 0.717) is 5.56 Å². The van der Waals surface area contributed by atoms with E-state index in [1.807, 2.05) is 13.8 Å². The Labute approximate surface area is 132 Å². The van der Waals surface area contributed by atoms with Crippen molar-refractivity contribution in [3.8, 4) is 5.75 Å². The average molecular weight is 329 g/mol. The van der Waals surface area contributed by atoms with Crippen molar-refractivity contribution in [1.82, 2.24) is 16.2 Å². The molecular formula is C14H17F2N3O2S. The molecule has 0 saturated heterocycles. The van der Waals surface area contributed by atoms with Gasteiger partial charge in [-0.2, -0.15) is 8.78 Å². The van der Waals surface area contributed by atoms with Gasteiger partial charge in [-0.25, -0.2) is 0 Å². The Morgan fingerprint density at radius 1 is 1.27 bits per heavy atom. The van der Waals surface area contributed by atoms with Crippen LogP contribution >= 0.6 is 12.2 Å². The Hall–Kier alpha value is -2.22. The third kappa shape index (κ3) is 6.98. The Bertz CT molecular complexity index is 551. The number of hydrazine groups is 1. The maximum atomic E-state index is 12.3. The topological polar surface area (TPSA) is 62.4 Å². The highest BCUT2D eigenvalue weighted by Gasteiger charge is 2.07. The van der Waals surface area contributed by atoms with Crippen molar-refractivity contribution in [2.24, 2.45) is 0 Å². The number of benzene rings is 1. The van der Waals surface area contributed by atoms with Crippen LogP contribution in [0, 0.1) is 0 Å². The number of amides is 1. The van der Waals surface area contributed by atoms with Crippen LogP contribution in [-0.2, 0) is 4.79 Å². The molecule has 1 amide bonds. The first-order valence-corrected chi connectivity index (χ1v) is 6.87. The van der Waals surface area contributed by atoms with Crippen molar-refractivity contribution in [2.45, 2.75) is 26.5 Å². The van der Waals surface area contributed by atoms with E-state index in [9.17, 15) is 13.6 Å². The summed E-state index contributed by atoms with van der Waals surface area (Å²) in [4.78, 5) is 11.6. The number of rotatable bonds is 5. The van der Waals surface area contributed by atoms with Gasteiger partial charge in [0, 0.05) is 17.7 Å². The van der Waals surface area contributed by atoms with Crippen LogP contribution in [0.25, 0.3) is 6.08 Å². The van der Waals surface area contributed by atoms with E-state index in [0.717, 1.165) is 0 Å². The van der Waals surface area contributed by atoms with Crippen molar-refractivity contribution >= 4 is 29.3 Å². The van der Waals surface area contributed by atoms with Gasteiger partial charge in [0.15, 0.2) is 5.11 Å². The molecule has 0 saturated carbocycles. The molecule has 22 heavy (non-hydrogen) atoms. The van der Waals surface area contributed by atoms with Gasteiger partial charge in [-0.3, -0.25) is 15.6 Å². The van der Waals surface area contributed by atoms with Crippen LogP contribution in [0.15, 0.2) is 30.3 Å². The van der Waals surface area contributed by atoms with E-state index < -0.39 is 12.5 Å². The summed E-state index contributed by atoms with van der Waals surface area (Å²) >= 11 is 4.93. The van der Waals surface area contributed by atoms with Crippen molar-refractivity contribution in [2.75, 3.05) is 0 Å². The lowest BCUT2D eigenvalue weighted by Crippen LogP contribution is -2.48. The van der Waals surface area contributed by atoms with Crippen LogP contribution in [0.3, 0.4) is 0 Å². The second-order valence-corrected chi connectivity index (χ2v) is 4.90. The van der Waals surface area contributed by atoms with E-state index in [2.05, 4.69) is 20.9 Å². The van der Waals surface area contributed by atoms with Gasteiger partial charge in [-0.1, -0.05) is 18.2 Å². The number of carbonyl (C=O) groups excluding carboxylic acids is 1. The molecule has 0 radical (unpaired) electrons. The summed E-state index contributed by atoms with van der Waals surface area (Å²) in [7, 11) is 0. The third-order valence-electron chi connectivity index (χ3n) is 2.27. The summed E-state index contributed by atoms with van der Waals surface area (Å²) < 4.78 is 28.9. The summed E-state index contributed by atoms with van der Waals surface area (Å²) in [6, 6.07) is 6.29. The maximum Gasteiger partial charge on any atom is 0.387 e. The van der Waals surface area contributed by atoms with E-state index in [-0.39, 0.29) is 16.9 Å². The lowest BCUT2D eigenvalue weighted by molar-refractivity contribution is -0.116. The average Bonchev–Trinajstić information content (AvgIpc) is 2.43. The summed E-state index contributed by atoms with van der Waals surface area (Å²) in [5.41, 5.74) is 5.23. The fourth-order valence-electron chi connectivity index (χ4n) is 1.45. The molecule has 0 aliphatic heterocycles. The van der Waals surface area contributed by atoms with Crippen molar-refractivity contribution in [3.05, 3.63) is 35.9 Å². The largest absolute Gasteiger partial charge is 0.434 e. The second-order valence-electron chi connectivity index (χ2n) is 4.49. The number of thiocarbonyl (C=S) groups is 1. The van der Waals surface area contributed by atoms with Crippen LogP contribution in [0.5, 0.6) is 5.75 Å². The van der Waals surface area contributed by atoms with Gasteiger partial charge in [0.05, 0.1) is 0 Å². The molecule has 8 heteroatoms. The number of alkyl halides is 2. The van der Waals surface area contributed by atoms with Gasteiger partial charge in [0.25, 0.3) is 5.91 Å². The summed E-state index contributed by atoms with van der Waals surface area (Å²) in [6.07, 6.45) is 2.55. The highest BCUT2D eigenvalue weighted by Crippen LogP contribution is 2.21. The normalized spacial score (nSPS) is 10.8. The molecule has 0 atom stereocenters. The number of ether oxygens (including phenoxy) is 1.